The molecule has 1 aliphatic heterocycles. The van der Waals surface area contributed by atoms with Gasteiger partial charge in [-0.1, -0.05) is 36.2 Å². The SMILES string of the molecule is CCCOC[C@H]1[C@@H]2CNCC21c1ccc(Cl)c(Cl)c1. The molecule has 0 aromatic heterocycles. The summed E-state index contributed by atoms with van der Waals surface area (Å²) in [6.45, 7) is 5.97. The van der Waals surface area contributed by atoms with E-state index in [9.17, 15) is 0 Å². The third-order valence-electron chi connectivity index (χ3n) is 4.58. The van der Waals surface area contributed by atoms with Gasteiger partial charge in [0.2, 0.25) is 0 Å². The van der Waals surface area contributed by atoms with Crippen molar-refractivity contribution in [2.75, 3.05) is 26.3 Å². The van der Waals surface area contributed by atoms with Gasteiger partial charge in [0, 0.05) is 18.6 Å². The van der Waals surface area contributed by atoms with Crippen LogP contribution in [0, 0.1) is 11.8 Å². The molecular weight excluding hydrogens is 281 g/mol. The Labute approximate surface area is 124 Å². The van der Waals surface area contributed by atoms with Gasteiger partial charge in [-0.3, -0.25) is 0 Å². The Kier molecular flexibility index (Phi) is 3.78. The predicted molar refractivity (Wildman–Crippen MR) is 79.1 cm³/mol. The number of hydrogen-bond donors (Lipinski definition) is 1. The van der Waals surface area contributed by atoms with Crippen LogP contribution in [0.3, 0.4) is 0 Å². The van der Waals surface area contributed by atoms with Gasteiger partial charge in [0.15, 0.2) is 0 Å². The van der Waals surface area contributed by atoms with Gasteiger partial charge in [0.25, 0.3) is 0 Å². The molecule has 1 aromatic rings. The molecule has 0 spiro atoms. The zero-order valence-electron chi connectivity index (χ0n) is 11.1. The van der Waals surface area contributed by atoms with Gasteiger partial charge in [-0.25, -0.2) is 0 Å². The van der Waals surface area contributed by atoms with Crippen molar-refractivity contribution in [1.29, 1.82) is 0 Å². The lowest BCUT2D eigenvalue weighted by molar-refractivity contribution is 0.115. The van der Waals surface area contributed by atoms with Gasteiger partial charge >= 0.3 is 0 Å². The van der Waals surface area contributed by atoms with Crippen molar-refractivity contribution in [2.24, 2.45) is 11.8 Å². The summed E-state index contributed by atoms with van der Waals surface area (Å²) in [5.74, 6) is 1.30. The molecule has 2 fully saturated rings. The van der Waals surface area contributed by atoms with Crippen LogP contribution < -0.4 is 5.32 Å². The Hall–Kier alpha value is -0.280. The van der Waals surface area contributed by atoms with Gasteiger partial charge in [0.1, 0.15) is 0 Å². The molecule has 3 rings (SSSR count). The zero-order chi connectivity index (χ0) is 13.5. The Morgan fingerprint density at radius 2 is 2.21 bits per heavy atom. The van der Waals surface area contributed by atoms with E-state index in [1.54, 1.807) is 0 Å². The number of rotatable bonds is 5. The second kappa shape index (κ2) is 5.25. The summed E-state index contributed by atoms with van der Waals surface area (Å²) in [5, 5.41) is 4.76. The van der Waals surface area contributed by atoms with Crippen LogP contribution in [-0.2, 0) is 10.2 Å². The summed E-state index contributed by atoms with van der Waals surface area (Å²) in [6, 6.07) is 6.06. The van der Waals surface area contributed by atoms with E-state index < -0.39 is 0 Å². The molecule has 19 heavy (non-hydrogen) atoms. The summed E-state index contributed by atoms with van der Waals surface area (Å²) in [4.78, 5) is 0. The van der Waals surface area contributed by atoms with Gasteiger partial charge in [0.05, 0.1) is 16.7 Å². The molecular formula is C15H19Cl2NO. The van der Waals surface area contributed by atoms with E-state index in [2.05, 4.69) is 18.3 Å². The number of ether oxygens (including phenoxy) is 1. The van der Waals surface area contributed by atoms with Crippen LogP contribution >= 0.6 is 23.2 Å². The standard InChI is InChI=1S/C15H19Cl2NO/c1-2-5-19-8-12-11-7-18-9-15(11,12)10-3-4-13(16)14(17)6-10/h3-4,6,11-12,18H,2,5,7-9H2,1H3/t11-,12-,15?/m0/s1. The minimum Gasteiger partial charge on any atom is -0.381 e. The number of hydrogen-bond acceptors (Lipinski definition) is 2. The molecule has 1 N–H and O–H groups in total. The zero-order valence-corrected chi connectivity index (χ0v) is 12.6. The van der Waals surface area contributed by atoms with Crippen molar-refractivity contribution in [2.45, 2.75) is 18.8 Å². The van der Waals surface area contributed by atoms with Gasteiger partial charge in [-0.15, -0.1) is 0 Å². The van der Waals surface area contributed by atoms with Crippen molar-refractivity contribution in [3.05, 3.63) is 33.8 Å². The van der Waals surface area contributed by atoms with E-state index in [0.29, 0.717) is 21.9 Å². The number of fused-ring (bicyclic) bond motifs is 1. The highest BCUT2D eigenvalue weighted by atomic mass is 35.5. The normalized spacial score (nSPS) is 32.4. The van der Waals surface area contributed by atoms with Crippen molar-refractivity contribution >= 4 is 23.2 Å². The number of benzene rings is 1. The molecule has 0 radical (unpaired) electrons. The maximum atomic E-state index is 6.16. The highest BCUT2D eigenvalue weighted by molar-refractivity contribution is 6.42. The van der Waals surface area contributed by atoms with Crippen molar-refractivity contribution in [3.8, 4) is 0 Å². The molecule has 1 saturated heterocycles. The maximum Gasteiger partial charge on any atom is 0.0595 e. The van der Waals surface area contributed by atoms with Crippen LogP contribution in [0.2, 0.25) is 10.0 Å². The van der Waals surface area contributed by atoms with Crippen molar-refractivity contribution in [3.63, 3.8) is 0 Å². The first-order valence-corrected chi connectivity index (χ1v) is 7.69. The summed E-state index contributed by atoms with van der Waals surface area (Å²) < 4.78 is 5.76. The fraction of sp³-hybridized carbons (Fsp3) is 0.600. The average molecular weight is 300 g/mol. The first kappa shape index (κ1) is 13.7. The van der Waals surface area contributed by atoms with Crippen LogP contribution in [-0.4, -0.2) is 26.3 Å². The monoisotopic (exact) mass is 299 g/mol. The fourth-order valence-corrected chi connectivity index (χ4v) is 3.86. The van der Waals surface area contributed by atoms with E-state index in [4.69, 9.17) is 27.9 Å². The molecule has 3 atom stereocenters. The Morgan fingerprint density at radius 1 is 1.37 bits per heavy atom. The van der Waals surface area contributed by atoms with Crippen LogP contribution in [0.4, 0.5) is 0 Å². The van der Waals surface area contributed by atoms with Gasteiger partial charge in [-0.05, 0) is 42.5 Å². The van der Waals surface area contributed by atoms with E-state index in [1.165, 1.54) is 5.56 Å². The summed E-state index contributed by atoms with van der Waals surface area (Å²) >= 11 is 12.2. The summed E-state index contributed by atoms with van der Waals surface area (Å²) in [7, 11) is 0. The molecule has 0 bridgehead atoms. The minimum absolute atomic E-state index is 0.224. The lowest BCUT2D eigenvalue weighted by Crippen LogP contribution is -2.25. The fourth-order valence-electron chi connectivity index (χ4n) is 3.56. The maximum absolute atomic E-state index is 6.16. The molecule has 1 unspecified atom stereocenters. The second-order valence-corrected chi connectivity index (χ2v) is 6.40. The molecule has 0 amide bonds. The molecule has 4 heteroatoms. The van der Waals surface area contributed by atoms with Gasteiger partial charge < -0.3 is 10.1 Å². The summed E-state index contributed by atoms with van der Waals surface area (Å²) in [6.07, 6.45) is 1.08. The van der Waals surface area contributed by atoms with Gasteiger partial charge in [-0.2, -0.15) is 0 Å². The summed E-state index contributed by atoms with van der Waals surface area (Å²) in [5.41, 5.74) is 1.53. The Balaban J connectivity index is 1.79. The lowest BCUT2D eigenvalue weighted by Gasteiger charge is -2.17. The van der Waals surface area contributed by atoms with Crippen LogP contribution in [0.15, 0.2) is 18.2 Å². The smallest absolute Gasteiger partial charge is 0.0595 e. The number of nitrogens with one attached hydrogen (secondary N) is 1. The molecule has 1 aliphatic carbocycles. The topological polar surface area (TPSA) is 21.3 Å². The largest absolute Gasteiger partial charge is 0.381 e. The third kappa shape index (κ3) is 2.19. The molecule has 1 heterocycles. The van der Waals surface area contributed by atoms with Crippen LogP contribution in [0.5, 0.6) is 0 Å². The van der Waals surface area contributed by atoms with Crippen LogP contribution in [0.25, 0.3) is 0 Å². The molecule has 2 nitrogen and oxygen atoms in total. The number of piperidine rings is 1. The Morgan fingerprint density at radius 3 is 2.95 bits per heavy atom. The van der Waals surface area contributed by atoms with E-state index in [1.807, 2.05) is 12.1 Å². The average Bonchev–Trinajstić information content (AvgIpc) is 2.81. The minimum atomic E-state index is 0.224. The number of halogens is 2. The van der Waals surface area contributed by atoms with Crippen molar-refractivity contribution in [1.82, 2.24) is 5.32 Å². The predicted octanol–water partition coefficient (Wildman–Crippen LogP) is 3.51. The van der Waals surface area contributed by atoms with E-state index >= 15 is 0 Å². The Bertz CT molecular complexity index is 479. The van der Waals surface area contributed by atoms with E-state index in [0.717, 1.165) is 32.7 Å². The lowest BCUT2D eigenvalue weighted by atomic mass is 9.93. The highest BCUT2D eigenvalue weighted by Crippen LogP contribution is 2.62. The second-order valence-electron chi connectivity index (χ2n) is 5.59. The molecule has 1 saturated carbocycles. The van der Waals surface area contributed by atoms with Crippen molar-refractivity contribution < 1.29 is 4.74 Å². The molecule has 104 valence electrons. The quantitative estimate of drug-likeness (QED) is 0.840. The third-order valence-corrected chi connectivity index (χ3v) is 5.32. The molecule has 2 aliphatic rings. The first-order chi connectivity index (χ1) is 9.20. The first-order valence-electron chi connectivity index (χ1n) is 6.94. The molecule has 1 aromatic carbocycles. The van der Waals surface area contributed by atoms with Crippen LogP contribution in [0.1, 0.15) is 18.9 Å². The highest BCUT2D eigenvalue weighted by Gasteiger charge is 2.67. The van der Waals surface area contributed by atoms with E-state index in [-0.39, 0.29) is 5.41 Å².